The van der Waals surface area contributed by atoms with Crippen molar-refractivity contribution in [2.45, 2.75) is 6.54 Å². The Hall–Kier alpha value is -1.36. The third kappa shape index (κ3) is 4.44. The second-order valence-electron chi connectivity index (χ2n) is 3.14. The van der Waals surface area contributed by atoms with E-state index in [0.717, 1.165) is 11.3 Å². The number of nitrogens with one attached hydrogen (secondary N) is 2. The maximum Gasteiger partial charge on any atom is 0.315 e. The molecule has 0 atom stereocenters. The highest BCUT2D eigenvalue weighted by Crippen LogP contribution is 2.10. The van der Waals surface area contributed by atoms with Gasteiger partial charge in [-0.1, -0.05) is 12.1 Å². The minimum Gasteiger partial charge on any atom is -0.497 e. The smallest absolute Gasteiger partial charge is 0.315 e. The average Bonchev–Trinajstić information content (AvgIpc) is 2.34. The molecule has 0 fully saturated rings. The molecule has 0 unspecified atom stereocenters. The molecular formula is C11H16N2O2S. The third-order valence-electron chi connectivity index (χ3n) is 1.99. The zero-order valence-corrected chi connectivity index (χ0v) is 10.3. The Morgan fingerprint density at radius 3 is 2.56 bits per heavy atom. The molecule has 16 heavy (non-hydrogen) atoms. The fourth-order valence-corrected chi connectivity index (χ4v) is 1.40. The van der Waals surface area contributed by atoms with E-state index in [1.54, 1.807) is 18.9 Å². The number of thioether (sulfide) groups is 1. The van der Waals surface area contributed by atoms with Crippen molar-refractivity contribution in [3.05, 3.63) is 29.8 Å². The number of rotatable bonds is 5. The molecule has 0 spiro atoms. The van der Waals surface area contributed by atoms with E-state index >= 15 is 0 Å². The first-order chi connectivity index (χ1) is 7.76. The van der Waals surface area contributed by atoms with Crippen molar-refractivity contribution < 1.29 is 9.53 Å². The number of carbonyl (C=O) groups is 1. The number of hydrogen-bond acceptors (Lipinski definition) is 3. The summed E-state index contributed by atoms with van der Waals surface area (Å²) in [6.07, 6.45) is 1.93. The summed E-state index contributed by atoms with van der Waals surface area (Å²) in [5.41, 5.74) is 1.04. The predicted octanol–water partition coefficient (Wildman–Crippen LogP) is 1.81. The molecule has 0 radical (unpaired) electrons. The number of urea groups is 1. The normalized spacial score (nSPS) is 9.62. The topological polar surface area (TPSA) is 50.4 Å². The van der Waals surface area contributed by atoms with Gasteiger partial charge >= 0.3 is 6.03 Å². The lowest BCUT2D eigenvalue weighted by Gasteiger charge is -2.07. The number of methoxy groups -OCH3 is 1. The predicted molar refractivity (Wildman–Crippen MR) is 66.7 cm³/mol. The van der Waals surface area contributed by atoms with Crippen molar-refractivity contribution in [1.82, 2.24) is 10.6 Å². The van der Waals surface area contributed by atoms with Crippen molar-refractivity contribution >= 4 is 17.8 Å². The Bertz CT molecular complexity index is 327. The SMILES string of the molecule is COc1ccc(CNC(=O)NCSC)cc1. The van der Waals surface area contributed by atoms with E-state index in [1.165, 1.54) is 0 Å². The molecule has 0 aliphatic rings. The van der Waals surface area contributed by atoms with Gasteiger partial charge in [0.15, 0.2) is 0 Å². The van der Waals surface area contributed by atoms with E-state index in [1.807, 2.05) is 30.5 Å². The molecule has 88 valence electrons. The van der Waals surface area contributed by atoms with Crippen LogP contribution in [0.3, 0.4) is 0 Å². The van der Waals surface area contributed by atoms with Crippen LogP contribution >= 0.6 is 11.8 Å². The number of amides is 2. The molecule has 0 bridgehead atoms. The average molecular weight is 240 g/mol. The lowest BCUT2D eigenvalue weighted by molar-refractivity contribution is 0.242. The second-order valence-corrected chi connectivity index (χ2v) is 4.01. The fourth-order valence-electron chi connectivity index (χ4n) is 1.13. The van der Waals surface area contributed by atoms with Gasteiger partial charge in [0, 0.05) is 6.54 Å². The molecule has 1 aromatic carbocycles. The minimum absolute atomic E-state index is 0.148. The zero-order chi connectivity index (χ0) is 11.8. The summed E-state index contributed by atoms with van der Waals surface area (Å²) in [5, 5.41) is 5.48. The summed E-state index contributed by atoms with van der Waals surface area (Å²) in [6, 6.07) is 7.44. The van der Waals surface area contributed by atoms with Crippen LogP contribution in [-0.2, 0) is 6.54 Å². The van der Waals surface area contributed by atoms with Crippen LogP contribution in [0.15, 0.2) is 24.3 Å². The number of hydrogen-bond donors (Lipinski definition) is 2. The molecule has 0 heterocycles. The van der Waals surface area contributed by atoms with Gasteiger partial charge < -0.3 is 15.4 Å². The standard InChI is InChI=1S/C11H16N2O2S/c1-15-10-5-3-9(4-6-10)7-12-11(14)13-8-16-2/h3-6H,7-8H2,1-2H3,(H2,12,13,14). The van der Waals surface area contributed by atoms with Crippen LogP contribution < -0.4 is 15.4 Å². The molecule has 0 saturated carbocycles. The van der Waals surface area contributed by atoms with Gasteiger partial charge in [-0.05, 0) is 24.0 Å². The van der Waals surface area contributed by atoms with Crippen LogP contribution in [0, 0.1) is 0 Å². The summed E-state index contributed by atoms with van der Waals surface area (Å²) in [5.74, 6) is 1.43. The van der Waals surface area contributed by atoms with Crippen LogP contribution in [0.25, 0.3) is 0 Å². The molecule has 2 amide bonds. The quantitative estimate of drug-likeness (QED) is 0.772. The minimum atomic E-state index is -0.148. The molecule has 5 heteroatoms. The van der Waals surface area contributed by atoms with Crippen LogP contribution in [0.2, 0.25) is 0 Å². The van der Waals surface area contributed by atoms with Crippen molar-refractivity contribution in [2.75, 3.05) is 19.2 Å². The van der Waals surface area contributed by atoms with Crippen LogP contribution in [0.1, 0.15) is 5.56 Å². The monoisotopic (exact) mass is 240 g/mol. The van der Waals surface area contributed by atoms with E-state index < -0.39 is 0 Å². The van der Waals surface area contributed by atoms with E-state index in [4.69, 9.17) is 4.74 Å². The number of benzene rings is 1. The van der Waals surface area contributed by atoms with Crippen LogP contribution in [-0.4, -0.2) is 25.3 Å². The highest BCUT2D eigenvalue weighted by atomic mass is 32.2. The Balaban J connectivity index is 2.33. The Morgan fingerprint density at radius 1 is 1.31 bits per heavy atom. The molecule has 1 rings (SSSR count). The molecule has 0 aromatic heterocycles. The number of carbonyl (C=O) groups excluding carboxylic acids is 1. The Kier molecular flexibility index (Phi) is 5.56. The highest BCUT2D eigenvalue weighted by Gasteiger charge is 1.99. The zero-order valence-electron chi connectivity index (χ0n) is 9.45. The van der Waals surface area contributed by atoms with Crippen molar-refractivity contribution in [3.63, 3.8) is 0 Å². The molecule has 0 aliphatic carbocycles. The lowest BCUT2D eigenvalue weighted by atomic mass is 10.2. The molecule has 4 nitrogen and oxygen atoms in total. The largest absolute Gasteiger partial charge is 0.497 e. The summed E-state index contributed by atoms with van der Waals surface area (Å²) in [7, 11) is 1.63. The second kappa shape index (κ2) is 7.00. The molecule has 2 N–H and O–H groups in total. The first-order valence-corrected chi connectivity index (χ1v) is 6.29. The van der Waals surface area contributed by atoms with Gasteiger partial charge in [-0.2, -0.15) is 0 Å². The van der Waals surface area contributed by atoms with Gasteiger partial charge in [0.2, 0.25) is 0 Å². The number of ether oxygens (including phenoxy) is 1. The van der Waals surface area contributed by atoms with Gasteiger partial charge in [-0.3, -0.25) is 0 Å². The van der Waals surface area contributed by atoms with Crippen LogP contribution in [0.5, 0.6) is 5.75 Å². The lowest BCUT2D eigenvalue weighted by Crippen LogP contribution is -2.34. The summed E-state index contributed by atoms with van der Waals surface area (Å²) < 4.78 is 5.05. The molecule has 0 aliphatic heterocycles. The van der Waals surface area contributed by atoms with Crippen molar-refractivity contribution in [3.8, 4) is 5.75 Å². The summed E-state index contributed by atoms with van der Waals surface area (Å²) in [4.78, 5) is 11.2. The molecule has 0 saturated heterocycles. The fraction of sp³-hybridized carbons (Fsp3) is 0.364. The van der Waals surface area contributed by atoms with E-state index in [9.17, 15) is 4.79 Å². The van der Waals surface area contributed by atoms with Gasteiger partial charge in [0.25, 0.3) is 0 Å². The van der Waals surface area contributed by atoms with Gasteiger partial charge in [0.05, 0.1) is 13.0 Å². The Labute approximate surface area is 99.8 Å². The van der Waals surface area contributed by atoms with Gasteiger partial charge in [-0.15, -0.1) is 11.8 Å². The van der Waals surface area contributed by atoms with Gasteiger partial charge in [-0.25, -0.2) is 4.79 Å². The van der Waals surface area contributed by atoms with Gasteiger partial charge in [0.1, 0.15) is 5.75 Å². The maximum absolute atomic E-state index is 11.2. The molecular weight excluding hydrogens is 224 g/mol. The third-order valence-corrected chi connectivity index (χ3v) is 2.42. The first-order valence-electron chi connectivity index (χ1n) is 4.90. The Morgan fingerprint density at radius 2 is 2.00 bits per heavy atom. The van der Waals surface area contributed by atoms with Crippen molar-refractivity contribution in [2.24, 2.45) is 0 Å². The van der Waals surface area contributed by atoms with E-state index in [-0.39, 0.29) is 6.03 Å². The van der Waals surface area contributed by atoms with E-state index in [2.05, 4.69) is 10.6 Å². The van der Waals surface area contributed by atoms with Crippen molar-refractivity contribution in [1.29, 1.82) is 0 Å². The summed E-state index contributed by atoms with van der Waals surface area (Å²) in [6.45, 7) is 0.518. The van der Waals surface area contributed by atoms with Crippen LogP contribution in [0.4, 0.5) is 4.79 Å². The summed E-state index contributed by atoms with van der Waals surface area (Å²) >= 11 is 1.57. The first kappa shape index (κ1) is 12.7. The highest BCUT2D eigenvalue weighted by molar-refractivity contribution is 7.98. The van der Waals surface area contributed by atoms with E-state index in [0.29, 0.717) is 12.4 Å². The molecule has 1 aromatic rings. The maximum atomic E-state index is 11.2.